The Kier molecular flexibility index (Phi) is 7.09. The van der Waals surface area contributed by atoms with Gasteiger partial charge >= 0.3 is 6.03 Å². The lowest BCUT2D eigenvalue weighted by Gasteiger charge is -2.34. The summed E-state index contributed by atoms with van der Waals surface area (Å²) in [5.41, 5.74) is 0. The Morgan fingerprint density at radius 1 is 1.00 bits per heavy atom. The molecule has 1 aliphatic carbocycles. The summed E-state index contributed by atoms with van der Waals surface area (Å²) in [6.07, 6.45) is 6.21. The highest BCUT2D eigenvalue weighted by molar-refractivity contribution is 5.74. The van der Waals surface area contributed by atoms with Crippen molar-refractivity contribution in [2.24, 2.45) is 0 Å². The molecule has 0 atom stereocenters. The zero-order valence-electron chi connectivity index (χ0n) is 12.2. The molecule has 0 aromatic carbocycles. The van der Waals surface area contributed by atoms with Gasteiger partial charge in [0.15, 0.2) is 0 Å². The number of urea groups is 1. The maximum absolute atomic E-state index is 12.0. The van der Waals surface area contributed by atoms with Crippen LogP contribution in [0, 0.1) is 0 Å². The van der Waals surface area contributed by atoms with E-state index in [0.717, 1.165) is 26.2 Å². The quantitative estimate of drug-likeness (QED) is 0.780. The van der Waals surface area contributed by atoms with Crippen LogP contribution in [-0.2, 0) is 0 Å². The predicted molar refractivity (Wildman–Crippen MR) is 75.8 cm³/mol. The number of hydrogen-bond donors (Lipinski definition) is 1. The minimum absolute atomic E-state index is 0.153. The highest BCUT2D eigenvalue weighted by Crippen LogP contribution is 2.17. The molecular weight excluding hydrogens is 226 g/mol. The van der Waals surface area contributed by atoms with Gasteiger partial charge in [-0.15, -0.1) is 0 Å². The van der Waals surface area contributed by atoms with Crippen LogP contribution in [0.2, 0.25) is 0 Å². The lowest BCUT2D eigenvalue weighted by molar-refractivity contribution is 0.149. The lowest BCUT2D eigenvalue weighted by Crippen LogP contribution is -2.52. The fourth-order valence-corrected chi connectivity index (χ4v) is 2.52. The van der Waals surface area contributed by atoms with Crippen molar-refractivity contribution in [3.05, 3.63) is 0 Å². The fraction of sp³-hybridized carbons (Fsp3) is 0.929. The molecule has 1 N–H and O–H groups in total. The maximum Gasteiger partial charge on any atom is 0.317 e. The first-order chi connectivity index (χ1) is 8.75. The molecule has 0 aromatic heterocycles. The van der Waals surface area contributed by atoms with E-state index in [-0.39, 0.29) is 6.03 Å². The zero-order chi connectivity index (χ0) is 13.4. The van der Waals surface area contributed by atoms with E-state index in [1.807, 2.05) is 18.7 Å². The van der Waals surface area contributed by atoms with Crippen LogP contribution >= 0.6 is 0 Å². The molecule has 1 heterocycles. The summed E-state index contributed by atoms with van der Waals surface area (Å²) in [5.74, 6) is 0. The predicted octanol–water partition coefficient (Wildman–Crippen LogP) is 2.30. The average molecular weight is 255 g/mol. The molecular formula is C14H29N3O. The third kappa shape index (κ3) is 4.84. The largest absolute Gasteiger partial charge is 0.335 e. The first kappa shape index (κ1) is 15.3. The number of likely N-dealkylation sites (N-methyl/N-ethyl adjacent to an activating group) is 1. The monoisotopic (exact) mass is 255 g/mol. The third-order valence-corrected chi connectivity index (χ3v) is 3.72. The summed E-state index contributed by atoms with van der Waals surface area (Å²) < 4.78 is 0. The van der Waals surface area contributed by atoms with Crippen LogP contribution < -0.4 is 5.32 Å². The minimum Gasteiger partial charge on any atom is -0.335 e. The molecule has 0 unspecified atom stereocenters. The van der Waals surface area contributed by atoms with E-state index >= 15 is 0 Å². The molecule has 0 radical (unpaired) electrons. The lowest BCUT2D eigenvalue weighted by atomic mass is 9.96. The summed E-state index contributed by atoms with van der Waals surface area (Å²) >= 11 is 0. The molecule has 0 spiro atoms. The molecule has 2 rings (SSSR count). The number of piperazine rings is 1. The number of nitrogens with zero attached hydrogens (tertiary/aromatic N) is 2. The highest BCUT2D eigenvalue weighted by atomic mass is 16.2. The number of hydrogen-bond acceptors (Lipinski definition) is 2. The van der Waals surface area contributed by atoms with Crippen molar-refractivity contribution >= 4 is 6.03 Å². The second kappa shape index (κ2) is 8.35. The topological polar surface area (TPSA) is 35.6 Å². The van der Waals surface area contributed by atoms with E-state index in [0.29, 0.717) is 6.04 Å². The van der Waals surface area contributed by atoms with E-state index in [4.69, 9.17) is 0 Å². The van der Waals surface area contributed by atoms with Crippen molar-refractivity contribution in [3.63, 3.8) is 0 Å². The van der Waals surface area contributed by atoms with E-state index < -0.39 is 0 Å². The van der Waals surface area contributed by atoms with E-state index in [9.17, 15) is 4.79 Å². The Balaban J connectivity index is 0.000000771. The van der Waals surface area contributed by atoms with Crippen LogP contribution in [-0.4, -0.2) is 55.1 Å². The van der Waals surface area contributed by atoms with Gasteiger partial charge in [-0.05, 0) is 19.9 Å². The van der Waals surface area contributed by atoms with Gasteiger partial charge in [0, 0.05) is 32.2 Å². The van der Waals surface area contributed by atoms with Crippen molar-refractivity contribution in [2.75, 3.05) is 33.2 Å². The normalized spacial score (nSPS) is 22.1. The molecule has 2 fully saturated rings. The van der Waals surface area contributed by atoms with Gasteiger partial charge in [0.1, 0.15) is 0 Å². The van der Waals surface area contributed by atoms with Gasteiger partial charge in [0.2, 0.25) is 0 Å². The van der Waals surface area contributed by atoms with Gasteiger partial charge in [-0.25, -0.2) is 4.79 Å². The SMILES string of the molecule is CC.CN1CCN(C(=O)NC2CCCCC2)CC1. The fourth-order valence-electron chi connectivity index (χ4n) is 2.52. The smallest absolute Gasteiger partial charge is 0.317 e. The molecule has 1 saturated heterocycles. The average Bonchev–Trinajstić information content (AvgIpc) is 2.43. The molecule has 0 aromatic rings. The third-order valence-electron chi connectivity index (χ3n) is 3.72. The molecule has 4 heteroatoms. The summed E-state index contributed by atoms with van der Waals surface area (Å²) in [4.78, 5) is 16.2. The van der Waals surface area contributed by atoms with Crippen LogP contribution in [0.5, 0.6) is 0 Å². The summed E-state index contributed by atoms with van der Waals surface area (Å²) in [7, 11) is 2.11. The Morgan fingerprint density at radius 2 is 1.56 bits per heavy atom. The van der Waals surface area contributed by atoms with Gasteiger partial charge < -0.3 is 15.1 Å². The number of amides is 2. The Hall–Kier alpha value is -0.770. The van der Waals surface area contributed by atoms with Crippen molar-refractivity contribution in [2.45, 2.75) is 52.0 Å². The molecule has 106 valence electrons. The standard InChI is InChI=1S/C12H23N3O.C2H6/c1-14-7-9-15(10-8-14)12(16)13-11-5-3-2-4-6-11;1-2/h11H,2-10H2,1H3,(H,13,16);1-2H3. The maximum atomic E-state index is 12.0. The molecule has 0 bridgehead atoms. The van der Waals surface area contributed by atoms with Crippen molar-refractivity contribution in [3.8, 4) is 0 Å². The van der Waals surface area contributed by atoms with Crippen LogP contribution in [0.1, 0.15) is 46.0 Å². The summed E-state index contributed by atoms with van der Waals surface area (Å²) in [5, 5.41) is 3.17. The Labute approximate surface area is 112 Å². The van der Waals surface area contributed by atoms with Crippen molar-refractivity contribution in [1.29, 1.82) is 0 Å². The second-order valence-corrected chi connectivity index (χ2v) is 5.07. The Morgan fingerprint density at radius 3 is 2.11 bits per heavy atom. The molecule has 4 nitrogen and oxygen atoms in total. The molecule has 18 heavy (non-hydrogen) atoms. The number of carbonyl (C=O) groups excluding carboxylic acids is 1. The van der Waals surface area contributed by atoms with Crippen LogP contribution in [0.25, 0.3) is 0 Å². The molecule has 1 aliphatic heterocycles. The van der Waals surface area contributed by atoms with Crippen LogP contribution in [0.15, 0.2) is 0 Å². The van der Waals surface area contributed by atoms with Crippen LogP contribution in [0.3, 0.4) is 0 Å². The van der Waals surface area contributed by atoms with Gasteiger partial charge in [0.25, 0.3) is 0 Å². The van der Waals surface area contributed by atoms with Gasteiger partial charge in [-0.2, -0.15) is 0 Å². The Bertz CT molecular complexity index is 231. The van der Waals surface area contributed by atoms with Crippen molar-refractivity contribution in [1.82, 2.24) is 15.1 Å². The first-order valence-electron chi connectivity index (χ1n) is 7.50. The summed E-state index contributed by atoms with van der Waals surface area (Å²) in [6, 6.07) is 0.584. The number of rotatable bonds is 1. The first-order valence-corrected chi connectivity index (χ1v) is 7.50. The van der Waals surface area contributed by atoms with E-state index in [1.165, 1.54) is 32.1 Å². The molecule has 1 saturated carbocycles. The highest BCUT2D eigenvalue weighted by Gasteiger charge is 2.22. The van der Waals surface area contributed by atoms with E-state index in [2.05, 4.69) is 17.3 Å². The van der Waals surface area contributed by atoms with Gasteiger partial charge in [-0.3, -0.25) is 0 Å². The molecule has 2 aliphatic rings. The van der Waals surface area contributed by atoms with Crippen LogP contribution in [0.4, 0.5) is 4.79 Å². The number of carbonyl (C=O) groups is 1. The zero-order valence-corrected chi connectivity index (χ0v) is 12.2. The molecule has 2 amide bonds. The summed E-state index contributed by atoms with van der Waals surface area (Å²) in [6.45, 7) is 7.74. The van der Waals surface area contributed by atoms with E-state index in [1.54, 1.807) is 0 Å². The second-order valence-electron chi connectivity index (χ2n) is 5.07. The van der Waals surface area contributed by atoms with Gasteiger partial charge in [-0.1, -0.05) is 33.1 Å². The van der Waals surface area contributed by atoms with Gasteiger partial charge in [0.05, 0.1) is 0 Å². The minimum atomic E-state index is 0.153. The van der Waals surface area contributed by atoms with Crippen molar-refractivity contribution < 1.29 is 4.79 Å². The number of nitrogens with one attached hydrogen (secondary N) is 1.